The number of amides is 1. The summed E-state index contributed by atoms with van der Waals surface area (Å²) in [6, 6.07) is 6.06. The van der Waals surface area contributed by atoms with Gasteiger partial charge in [-0.3, -0.25) is 9.78 Å². The lowest BCUT2D eigenvalue weighted by atomic mass is 9.90. The molecule has 1 amide bonds. The van der Waals surface area contributed by atoms with Crippen LogP contribution in [0, 0.1) is 23.5 Å². The maximum atomic E-state index is 14.8. The Morgan fingerprint density at radius 3 is 2.73 bits per heavy atom. The summed E-state index contributed by atoms with van der Waals surface area (Å²) in [6.45, 7) is 0.886. The normalized spacial score (nSPS) is 21.9. The van der Waals surface area contributed by atoms with Crippen molar-refractivity contribution in [3.05, 3.63) is 64.4 Å². The van der Waals surface area contributed by atoms with Gasteiger partial charge in [-0.2, -0.15) is 0 Å². The van der Waals surface area contributed by atoms with Gasteiger partial charge < -0.3 is 10.6 Å². The van der Waals surface area contributed by atoms with E-state index in [0.717, 1.165) is 64.3 Å². The molecule has 3 atom stereocenters. The van der Waals surface area contributed by atoms with Gasteiger partial charge in [-0.05, 0) is 81.2 Å². The van der Waals surface area contributed by atoms with Crippen LogP contribution in [-0.2, 0) is 11.2 Å². The number of benzene rings is 1. The van der Waals surface area contributed by atoms with Gasteiger partial charge in [-0.15, -0.1) is 0 Å². The van der Waals surface area contributed by atoms with Crippen molar-refractivity contribution in [2.75, 3.05) is 6.54 Å². The molecule has 0 spiro atoms. The highest BCUT2D eigenvalue weighted by Crippen LogP contribution is 2.39. The molecule has 2 N–H and O–H groups in total. The number of rotatable bonds is 9. The third kappa shape index (κ3) is 6.10. The molecule has 1 aromatic heterocycles. The molecule has 0 aliphatic heterocycles. The van der Waals surface area contributed by atoms with E-state index < -0.39 is 17.7 Å². The van der Waals surface area contributed by atoms with E-state index in [-0.39, 0.29) is 28.3 Å². The molecule has 2 aromatic rings. The Bertz CT molecular complexity index is 937. The van der Waals surface area contributed by atoms with Crippen molar-refractivity contribution in [1.82, 2.24) is 15.6 Å². The Balaban J connectivity index is 1.32. The lowest BCUT2D eigenvalue weighted by Crippen LogP contribution is -2.38. The second kappa shape index (κ2) is 11.4. The number of carbonyl (C=O) groups is 1. The third-order valence-corrected chi connectivity index (χ3v) is 7.45. The number of nitrogens with zero attached hydrogens (tertiary/aromatic N) is 1. The minimum absolute atomic E-state index is 0.0271. The molecule has 0 saturated heterocycles. The van der Waals surface area contributed by atoms with Gasteiger partial charge in [0.05, 0.1) is 11.1 Å². The fourth-order valence-electron chi connectivity index (χ4n) is 5.37. The summed E-state index contributed by atoms with van der Waals surface area (Å²) in [5.74, 6) is -1.62. The SMILES string of the molecule is O=C(N[C@H](c1c(F)ccc(Cl)c1F)C1CCCC1)[C@@H]1CCC(NCCCc2cccnc2)C1. The molecule has 178 valence electrons. The quantitative estimate of drug-likeness (QED) is 0.358. The van der Waals surface area contributed by atoms with Crippen LogP contribution in [0.2, 0.25) is 5.02 Å². The standard InChI is InChI=1S/C26H32ClF2N3O/c27-21-11-12-22(28)23(24(21)29)25(18-7-1-2-8-18)32-26(33)19-9-10-20(15-19)31-14-4-6-17-5-3-13-30-16-17/h3,5,11-13,16,18-20,25,31H,1-2,4,6-10,14-15H2,(H,32,33)/t19-,20?,25+/m1/s1. The van der Waals surface area contributed by atoms with E-state index in [1.54, 1.807) is 6.20 Å². The van der Waals surface area contributed by atoms with Crippen molar-refractivity contribution in [1.29, 1.82) is 0 Å². The van der Waals surface area contributed by atoms with Gasteiger partial charge in [-0.25, -0.2) is 8.78 Å². The van der Waals surface area contributed by atoms with Crippen LogP contribution in [0.3, 0.4) is 0 Å². The predicted molar refractivity (Wildman–Crippen MR) is 126 cm³/mol. The average molecular weight is 476 g/mol. The second-order valence-electron chi connectivity index (χ2n) is 9.41. The van der Waals surface area contributed by atoms with E-state index in [1.165, 1.54) is 17.7 Å². The molecule has 1 aromatic carbocycles. The molecule has 4 nitrogen and oxygen atoms in total. The zero-order chi connectivity index (χ0) is 23.2. The number of hydrogen-bond acceptors (Lipinski definition) is 3. The molecule has 2 fully saturated rings. The van der Waals surface area contributed by atoms with Crippen LogP contribution in [0.4, 0.5) is 8.78 Å². The Hall–Kier alpha value is -2.05. The lowest BCUT2D eigenvalue weighted by molar-refractivity contribution is -0.126. The number of nitrogens with one attached hydrogen (secondary N) is 2. The molecule has 1 heterocycles. The van der Waals surface area contributed by atoms with Gasteiger partial charge in [0.1, 0.15) is 11.6 Å². The summed E-state index contributed by atoms with van der Waals surface area (Å²) in [6.07, 6.45) is 11.8. The molecule has 2 aliphatic carbocycles. The molecule has 7 heteroatoms. The van der Waals surface area contributed by atoms with Crippen LogP contribution < -0.4 is 10.6 Å². The van der Waals surface area contributed by atoms with E-state index in [9.17, 15) is 13.6 Å². The van der Waals surface area contributed by atoms with Crippen LogP contribution in [-0.4, -0.2) is 23.5 Å². The van der Waals surface area contributed by atoms with Crippen molar-refractivity contribution in [3.63, 3.8) is 0 Å². The van der Waals surface area contributed by atoms with Crippen molar-refractivity contribution in [3.8, 4) is 0 Å². The first-order chi connectivity index (χ1) is 16.0. The van der Waals surface area contributed by atoms with Gasteiger partial charge in [0.2, 0.25) is 5.91 Å². The van der Waals surface area contributed by atoms with Crippen LogP contribution in [0.5, 0.6) is 0 Å². The van der Waals surface area contributed by atoms with Crippen molar-refractivity contribution in [2.45, 2.75) is 69.9 Å². The van der Waals surface area contributed by atoms with Crippen molar-refractivity contribution < 1.29 is 13.6 Å². The Morgan fingerprint density at radius 2 is 1.97 bits per heavy atom. The van der Waals surface area contributed by atoms with Crippen molar-refractivity contribution in [2.24, 2.45) is 11.8 Å². The summed E-state index contributed by atoms with van der Waals surface area (Å²) in [5.41, 5.74) is 1.13. The Labute approximate surface area is 199 Å². The van der Waals surface area contributed by atoms with E-state index in [0.29, 0.717) is 6.04 Å². The van der Waals surface area contributed by atoms with E-state index in [4.69, 9.17) is 11.6 Å². The fourth-order valence-corrected chi connectivity index (χ4v) is 5.53. The topological polar surface area (TPSA) is 54.0 Å². The maximum Gasteiger partial charge on any atom is 0.223 e. The highest BCUT2D eigenvalue weighted by Gasteiger charge is 2.36. The number of aromatic nitrogens is 1. The molecule has 1 unspecified atom stereocenters. The molecule has 0 radical (unpaired) electrons. The van der Waals surface area contributed by atoms with Gasteiger partial charge in [0, 0.05) is 29.9 Å². The van der Waals surface area contributed by atoms with Crippen LogP contribution >= 0.6 is 11.6 Å². The smallest absolute Gasteiger partial charge is 0.223 e. The third-order valence-electron chi connectivity index (χ3n) is 7.16. The molecule has 0 bridgehead atoms. The van der Waals surface area contributed by atoms with E-state index >= 15 is 0 Å². The van der Waals surface area contributed by atoms with Gasteiger partial charge >= 0.3 is 0 Å². The summed E-state index contributed by atoms with van der Waals surface area (Å²) in [5, 5.41) is 6.48. The average Bonchev–Trinajstić information content (AvgIpc) is 3.52. The second-order valence-corrected chi connectivity index (χ2v) is 9.82. The molecular formula is C26H32ClF2N3O. The highest BCUT2D eigenvalue weighted by molar-refractivity contribution is 6.30. The van der Waals surface area contributed by atoms with E-state index in [1.807, 2.05) is 12.3 Å². The first kappa shape index (κ1) is 24.1. The zero-order valence-corrected chi connectivity index (χ0v) is 19.6. The number of halogens is 3. The van der Waals surface area contributed by atoms with E-state index in [2.05, 4.69) is 21.7 Å². The van der Waals surface area contributed by atoms with Crippen LogP contribution in [0.25, 0.3) is 0 Å². The monoisotopic (exact) mass is 475 g/mol. The minimum Gasteiger partial charge on any atom is -0.349 e. The number of carbonyl (C=O) groups excluding carboxylic acids is 1. The maximum absolute atomic E-state index is 14.8. The number of pyridine rings is 1. The molecule has 2 aliphatic rings. The molecule has 2 saturated carbocycles. The number of aryl methyl sites for hydroxylation is 1. The first-order valence-electron chi connectivity index (χ1n) is 12.1. The van der Waals surface area contributed by atoms with Gasteiger partial charge in [-0.1, -0.05) is 30.5 Å². The van der Waals surface area contributed by atoms with Crippen molar-refractivity contribution >= 4 is 17.5 Å². The summed E-state index contributed by atoms with van der Waals surface area (Å²) in [7, 11) is 0. The lowest BCUT2D eigenvalue weighted by Gasteiger charge is -2.27. The Kier molecular flexibility index (Phi) is 8.31. The summed E-state index contributed by atoms with van der Waals surface area (Å²) < 4.78 is 29.5. The molecule has 4 rings (SSSR count). The predicted octanol–water partition coefficient (Wildman–Crippen LogP) is 5.75. The summed E-state index contributed by atoms with van der Waals surface area (Å²) >= 11 is 5.95. The van der Waals surface area contributed by atoms with Gasteiger partial charge in [0.15, 0.2) is 0 Å². The van der Waals surface area contributed by atoms with Crippen LogP contribution in [0.15, 0.2) is 36.7 Å². The van der Waals surface area contributed by atoms with Gasteiger partial charge in [0.25, 0.3) is 0 Å². The summed E-state index contributed by atoms with van der Waals surface area (Å²) in [4.78, 5) is 17.3. The molecular weight excluding hydrogens is 444 g/mol. The van der Waals surface area contributed by atoms with Crippen LogP contribution in [0.1, 0.15) is 68.5 Å². The highest BCUT2D eigenvalue weighted by atomic mass is 35.5. The fraction of sp³-hybridized carbons (Fsp3) is 0.538. The first-order valence-corrected chi connectivity index (χ1v) is 12.5. The number of hydrogen-bond donors (Lipinski definition) is 2. The minimum atomic E-state index is -0.756. The zero-order valence-electron chi connectivity index (χ0n) is 18.8. The Morgan fingerprint density at radius 1 is 1.15 bits per heavy atom. The molecule has 33 heavy (non-hydrogen) atoms. The largest absolute Gasteiger partial charge is 0.349 e.